The number of ether oxygens (including phenoxy) is 1. The Kier molecular flexibility index (Phi) is 6.35. The predicted molar refractivity (Wildman–Crippen MR) is 99.2 cm³/mol. The van der Waals surface area contributed by atoms with E-state index in [0.717, 1.165) is 44.8 Å². The Bertz CT molecular complexity index is 707. The summed E-state index contributed by atoms with van der Waals surface area (Å²) >= 11 is 0. The molecule has 3 rings (SSSR count). The van der Waals surface area contributed by atoms with Gasteiger partial charge in [-0.3, -0.25) is 9.69 Å². The summed E-state index contributed by atoms with van der Waals surface area (Å²) in [6.45, 7) is 9.26. The van der Waals surface area contributed by atoms with Crippen LogP contribution in [-0.4, -0.2) is 65.2 Å². The van der Waals surface area contributed by atoms with Crippen LogP contribution < -0.4 is 5.32 Å². The largest absolute Gasteiger partial charge is 0.379 e. The average molecular weight is 357 g/mol. The molecule has 0 bridgehead atoms. The van der Waals surface area contributed by atoms with Crippen LogP contribution in [0.25, 0.3) is 0 Å². The Labute approximate surface area is 154 Å². The maximum atomic E-state index is 12.3. The molecule has 26 heavy (non-hydrogen) atoms. The number of nitrogens with zero attached hydrogens (tertiary/aromatic N) is 4. The lowest BCUT2D eigenvalue weighted by atomic mass is 10.1. The van der Waals surface area contributed by atoms with Crippen molar-refractivity contribution in [2.75, 3.05) is 39.4 Å². The molecule has 1 aliphatic heterocycles. The van der Waals surface area contributed by atoms with Gasteiger partial charge in [-0.1, -0.05) is 35.0 Å². The molecule has 1 atom stereocenters. The number of rotatable bonds is 7. The van der Waals surface area contributed by atoms with Crippen LogP contribution in [0.4, 0.5) is 0 Å². The van der Waals surface area contributed by atoms with Gasteiger partial charge < -0.3 is 10.1 Å². The number of aromatic nitrogens is 3. The van der Waals surface area contributed by atoms with Crippen LogP contribution in [0.3, 0.4) is 0 Å². The molecule has 1 aromatic carbocycles. The fourth-order valence-electron chi connectivity index (χ4n) is 2.99. The summed E-state index contributed by atoms with van der Waals surface area (Å²) in [6.07, 6.45) is 2.63. The van der Waals surface area contributed by atoms with Crippen LogP contribution in [0, 0.1) is 6.92 Å². The molecule has 0 unspecified atom stereocenters. The summed E-state index contributed by atoms with van der Waals surface area (Å²) in [5.41, 5.74) is 2.71. The van der Waals surface area contributed by atoms with Gasteiger partial charge in [0.15, 0.2) is 5.69 Å². The van der Waals surface area contributed by atoms with E-state index in [1.54, 1.807) is 10.9 Å². The summed E-state index contributed by atoms with van der Waals surface area (Å²) in [4.78, 5) is 14.6. The standard InChI is InChI=1S/C19H27N5O2/c1-15-4-6-17(7-5-15)16(2)24-14-18(21-22-24)19(25)20-8-3-9-23-10-12-26-13-11-23/h4-7,14,16H,3,8-13H2,1-2H3,(H,20,25)/t16-/m1/s1. The fraction of sp³-hybridized carbons (Fsp3) is 0.526. The number of amides is 1. The molecule has 1 saturated heterocycles. The van der Waals surface area contributed by atoms with Crippen molar-refractivity contribution in [2.45, 2.75) is 26.3 Å². The minimum Gasteiger partial charge on any atom is -0.379 e. The van der Waals surface area contributed by atoms with Crippen molar-refractivity contribution in [3.05, 3.63) is 47.3 Å². The van der Waals surface area contributed by atoms with E-state index in [1.807, 2.05) is 6.92 Å². The summed E-state index contributed by atoms with van der Waals surface area (Å²) in [7, 11) is 0. The van der Waals surface area contributed by atoms with E-state index in [2.05, 4.69) is 51.7 Å². The van der Waals surface area contributed by atoms with Crippen molar-refractivity contribution in [3.63, 3.8) is 0 Å². The molecule has 2 heterocycles. The van der Waals surface area contributed by atoms with Crippen LogP contribution in [0.2, 0.25) is 0 Å². The number of carbonyl (C=O) groups is 1. The quantitative estimate of drug-likeness (QED) is 0.763. The van der Waals surface area contributed by atoms with Crippen LogP contribution in [0.1, 0.15) is 41.0 Å². The smallest absolute Gasteiger partial charge is 0.273 e. The Morgan fingerprint density at radius 1 is 1.27 bits per heavy atom. The van der Waals surface area contributed by atoms with E-state index in [0.29, 0.717) is 12.2 Å². The van der Waals surface area contributed by atoms with E-state index in [1.165, 1.54) is 5.56 Å². The molecular formula is C19H27N5O2. The van der Waals surface area contributed by atoms with E-state index in [4.69, 9.17) is 4.74 Å². The number of benzene rings is 1. The van der Waals surface area contributed by atoms with E-state index in [-0.39, 0.29) is 11.9 Å². The molecule has 7 heteroatoms. The molecule has 0 spiro atoms. The van der Waals surface area contributed by atoms with Crippen LogP contribution in [-0.2, 0) is 4.74 Å². The lowest BCUT2D eigenvalue weighted by Crippen LogP contribution is -2.38. The fourth-order valence-corrected chi connectivity index (χ4v) is 2.99. The van der Waals surface area contributed by atoms with Crippen LogP contribution in [0.15, 0.2) is 30.5 Å². The van der Waals surface area contributed by atoms with Crippen molar-refractivity contribution in [1.29, 1.82) is 0 Å². The highest BCUT2D eigenvalue weighted by atomic mass is 16.5. The third kappa shape index (κ3) is 4.89. The van der Waals surface area contributed by atoms with E-state index < -0.39 is 0 Å². The molecule has 1 aliphatic rings. The first-order valence-electron chi connectivity index (χ1n) is 9.20. The highest BCUT2D eigenvalue weighted by Gasteiger charge is 2.15. The number of carbonyl (C=O) groups excluding carboxylic acids is 1. The zero-order chi connectivity index (χ0) is 18.4. The molecule has 1 N–H and O–H groups in total. The molecular weight excluding hydrogens is 330 g/mol. The average Bonchev–Trinajstić information content (AvgIpc) is 3.16. The number of hydrogen-bond donors (Lipinski definition) is 1. The van der Waals surface area contributed by atoms with Crippen molar-refractivity contribution in [1.82, 2.24) is 25.2 Å². The molecule has 1 amide bonds. The topological polar surface area (TPSA) is 72.3 Å². The van der Waals surface area contributed by atoms with Crippen LogP contribution >= 0.6 is 0 Å². The van der Waals surface area contributed by atoms with Gasteiger partial charge in [-0.2, -0.15) is 0 Å². The first kappa shape index (κ1) is 18.5. The van der Waals surface area contributed by atoms with Crippen molar-refractivity contribution < 1.29 is 9.53 Å². The molecule has 1 fully saturated rings. The molecule has 0 aliphatic carbocycles. The Hall–Kier alpha value is -2.25. The second kappa shape index (κ2) is 8.91. The van der Waals surface area contributed by atoms with Gasteiger partial charge in [0.1, 0.15) is 0 Å². The number of morpholine rings is 1. The SMILES string of the molecule is Cc1ccc([C@@H](C)n2cc(C(=O)NCCCN3CCOCC3)nn2)cc1. The summed E-state index contributed by atoms with van der Waals surface area (Å²) in [5.74, 6) is -0.172. The highest BCUT2D eigenvalue weighted by molar-refractivity contribution is 5.91. The molecule has 1 aromatic heterocycles. The second-order valence-corrected chi connectivity index (χ2v) is 6.73. The normalized spacial score (nSPS) is 16.4. The first-order valence-corrected chi connectivity index (χ1v) is 9.20. The molecule has 7 nitrogen and oxygen atoms in total. The van der Waals surface area contributed by atoms with Gasteiger partial charge in [-0.05, 0) is 32.4 Å². The molecule has 0 radical (unpaired) electrons. The third-order valence-corrected chi connectivity index (χ3v) is 4.74. The van der Waals surface area contributed by atoms with Gasteiger partial charge in [-0.25, -0.2) is 4.68 Å². The predicted octanol–water partition coefficient (Wildman–Crippen LogP) is 1.65. The van der Waals surface area contributed by atoms with Crippen molar-refractivity contribution in [3.8, 4) is 0 Å². The van der Waals surface area contributed by atoms with Gasteiger partial charge >= 0.3 is 0 Å². The van der Waals surface area contributed by atoms with E-state index in [9.17, 15) is 4.79 Å². The summed E-state index contributed by atoms with van der Waals surface area (Å²) < 4.78 is 7.06. The van der Waals surface area contributed by atoms with Gasteiger partial charge in [0, 0.05) is 19.6 Å². The second-order valence-electron chi connectivity index (χ2n) is 6.73. The van der Waals surface area contributed by atoms with Gasteiger partial charge in [-0.15, -0.1) is 5.10 Å². The molecule has 2 aromatic rings. The minimum absolute atomic E-state index is 0.0333. The zero-order valence-corrected chi connectivity index (χ0v) is 15.5. The third-order valence-electron chi connectivity index (χ3n) is 4.74. The monoisotopic (exact) mass is 357 g/mol. The number of nitrogens with one attached hydrogen (secondary N) is 1. The van der Waals surface area contributed by atoms with Gasteiger partial charge in [0.25, 0.3) is 5.91 Å². The number of aryl methyl sites for hydroxylation is 1. The van der Waals surface area contributed by atoms with Crippen LogP contribution in [0.5, 0.6) is 0 Å². The molecule has 0 saturated carbocycles. The lowest BCUT2D eigenvalue weighted by Gasteiger charge is -2.26. The maximum Gasteiger partial charge on any atom is 0.273 e. The Morgan fingerprint density at radius 2 is 2.00 bits per heavy atom. The number of hydrogen-bond acceptors (Lipinski definition) is 5. The minimum atomic E-state index is -0.172. The Balaban J connectivity index is 1.47. The molecule has 140 valence electrons. The summed E-state index contributed by atoms with van der Waals surface area (Å²) in [6, 6.07) is 8.33. The lowest BCUT2D eigenvalue weighted by molar-refractivity contribution is 0.0374. The first-order chi connectivity index (χ1) is 12.6. The van der Waals surface area contributed by atoms with Gasteiger partial charge in [0.05, 0.1) is 25.5 Å². The summed E-state index contributed by atoms with van der Waals surface area (Å²) in [5, 5.41) is 11.1. The van der Waals surface area contributed by atoms with Crippen molar-refractivity contribution >= 4 is 5.91 Å². The van der Waals surface area contributed by atoms with Gasteiger partial charge in [0.2, 0.25) is 0 Å². The van der Waals surface area contributed by atoms with E-state index >= 15 is 0 Å². The zero-order valence-electron chi connectivity index (χ0n) is 15.5. The highest BCUT2D eigenvalue weighted by Crippen LogP contribution is 2.17. The van der Waals surface area contributed by atoms with Crippen molar-refractivity contribution in [2.24, 2.45) is 0 Å². The Morgan fingerprint density at radius 3 is 2.73 bits per heavy atom. The maximum absolute atomic E-state index is 12.3.